The van der Waals surface area contributed by atoms with E-state index in [0.717, 1.165) is 16.9 Å². The van der Waals surface area contributed by atoms with Gasteiger partial charge < -0.3 is 4.57 Å². The zero-order valence-corrected chi connectivity index (χ0v) is 13.6. The van der Waals surface area contributed by atoms with Crippen LogP contribution < -0.4 is 0 Å². The van der Waals surface area contributed by atoms with Gasteiger partial charge in [0, 0.05) is 22.5 Å². The fraction of sp³-hybridized carbons (Fsp3) is 0. The molecule has 0 amide bonds. The van der Waals surface area contributed by atoms with Crippen LogP contribution in [0.15, 0.2) is 97.2 Å². The highest BCUT2D eigenvalue weighted by Crippen LogP contribution is 2.35. The van der Waals surface area contributed by atoms with Crippen molar-refractivity contribution >= 4 is 21.8 Å². The molecular weight excluding hydrogens is 304 g/mol. The van der Waals surface area contributed by atoms with Gasteiger partial charge in [-0.15, -0.1) is 0 Å². The molecule has 0 aliphatic heterocycles. The second-order valence-corrected chi connectivity index (χ2v) is 6.10. The van der Waals surface area contributed by atoms with Gasteiger partial charge in [0.05, 0.1) is 22.4 Å². The Balaban J connectivity index is 1.92. The zero-order valence-electron chi connectivity index (χ0n) is 13.6. The Morgan fingerprint density at radius 2 is 1.16 bits per heavy atom. The molecule has 3 aromatic carbocycles. The Kier molecular flexibility index (Phi) is 3.14. The number of benzene rings is 3. The normalized spacial score (nSPS) is 11.2. The summed E-state index contributed by atoms with van der Waals surface area (Å²) >= 11 is 0. The summed E-state index contributed by atoms with van der Waals surface area (Å²) in [5, 5.41) is 2.54. The highest BCUT2D eigenvalue weighted by atomic mass is 15.0. The minimum absolute atomic E-state index is 0.986. The summed E-state index contributed by atoms with van der Waals surface area (Å²) < 4.78 is 2.34. The summed E-state index contributed by atoms with van der Waals surface area (Å²) in [6.07, 6.45) is 1.85. The van der Waals surface area contributed by atoms with Crippen molar-refractivity contribution in [3.63, 3.8) is 0 Å². The quantitative estimate of drug-likeness (QED) is 0.399. The maximum Gasteiger partial charge on any atom is 0.0723 e. The maximum absolute atomic E-state index is 4.57. The fourth-order valence-electron chi connectivity index (χ4n) is 3.59. The molecule has 0 saturated heterocycles. The van der Waals surface area contributed by atoms with E-state index in [9.17, 15) is 0 Å². The van der Waals surface area contributed by atoms with Crippen molar-refractivity contribution in [2.75, 3.05) is 0 Å². The lowest BCUT2D eigenvalue weighted by molar-refractivity contribution is 1.17. The van der Waals surface area contributed by atoms with Crippen LogP contribution in [0.4, 0.5) is 0 Å². The third-order valence-electron chi connectivity index (χ3n) is 4.67. The number of hydrogen-bond acceptors (Lipinski definition) is 1. The summed E-state index contributed by atoms with van der Waals surface area (Å²) in [4.78, 5) is 4.57. The van der Waals surface area contributed by atoms with Crippen molar-refractivity contribution in [1.29, 1.82) is 0 Å². The lowest BCUT2D eigenvalue weighted by Gasteiger charge is -2.13. The molecule has 2 nitrogen and oxygen atoms in total. The molecule has 118 valence electrons. The molecule has 0 atom stereocenters. The van der Waals surface area contributed by atoms with Crippen LogP contribution >= 0.6 is 0 Å². The van der Waals surface area contributed by atoms with Gasteiger partial charge in [-0.05, 0) is 30.3 Å². The van der Waals surface area contributed by atoms with E-state index in [0.29, 0.717) is 0 Å². The number of fused-ring (bicyclic) bond motifs is 3. The van der Waals surface area contributed by atoms with Crippen LogP contribution in [0, 0.1) is 0 Å². The molecule has 0 saturated carbocycles. The molecule has 2 aromatic heterocycles. The van der Waals surface area contributed by atoms with Crippen molar-refractivity contribution in [3.8, 4) is 16.9 Å². The average molecular weight is 320 g/mol. The van der Waals surface area contributed by atoms with E-state index in [1.165, 1.54) is 21.8 Å². The molecular formula is C23H16N2. The monoisotopic (exact) mass is 320 g/mol. The molecule has 2 heteroatoms. The Morgan fingerprint density at radius 3 is 1.84 bits per heavy atom. The molecule has 5 aromatic rings. The third-order valence-corrected chi connectivity index (χ3v) is 4.67. The van der Waals surface area contributed by atoms with E-state index in [1.54, 1.807) is 0 Å². The molecule has 0 aliphatic carbocycles. The van der Waals surface area contributed by atoms with E-state index in [2.05, 4.69) is 88.4 Å². The van der Waals surface area contributed by atoms with Crippen LogP contribution in [0.25, 0.3) is 38.8 Å². The van der Waals surface area contributed by atoms with Gasteiger partial charge in [-0.3, -0.25) is 4.98 Å². The highest BCUT2D eigenvalue weighted by Gasteiger charge is 2.14. The van der Waals surface area contributed by atoms with Crippen molar-refractivity contribution in [1.82, 2.24) is 9.55 Å². The number of hydrogen-bond donors (Lipinski definition) is 0. The summed E-state index contributed by atoms with van der Waals surface area (Å²) in [6, 6.07) is 31.7. The summed E-state index contributed by atoms with van der Waals surface area (Å²) in [5.41, 5.74) is 5.70. The molecule has 0 aliphatic rings. The van der Waals surface area contributed by atoms with Crippen molar-refractivity contribution in [3.05, 3.63) is 97.2 Å². The standard InChI is InChI=1S/C23H16N2/c1-4-13-21-17(9-1)18-10-2-5-14-22(18)25(21)23-15-6-3-11-19(23)20-12-7-8-16-24-20/h1-16H. The lowest BCUT2D eigenvalue weighted by atomic mass is 10.1. The van der Waals surface area contributed by atoms with E-state index in [4.69, 9.17) is 0 Å². The number of para-hydroxylation sites is 3. The van der Waals surface area contributed by atoms with Crippen molar-refractivity contribution in [2.24, 2.45) is 0 Å². The summed E-state index contributed by atoms with van der Waals surface area (Å²) in [7, 11) is 0. The van der Waals surface area contributed by atoms with Crippen LogP contribution in [-0.4, -0.2) is 9.55 Å². The van der Waals surface area contributed by atoms with E-state index in [-0.39, 0.29) is 0 Å². The minimum atomic E-state index is 0.986. The van der Waals surface area contributed by atoms with E-state index >= 15 is 0 Å². The first-order valence-corrected chi connectivity index (χ1v) is 8.42. The van der Waals surface area contributed by atoms with Gasteiger partial charge in [0.2, 0.25) is 0 Å². The van der Waals surface area contributed by atoms with Crippen LogP contribution in [0.3, 0.4) is 0 Å². The Labute approximate surface area is 146 Å². The number of aromatic nitrogens is 2. The molecule has 0 bridgehead atoms. The fourth-order valence-corrected chi connectivity index (χ4v) is 3.59. The van der Waals surface area contributed by atoms with Gasteiger partial charge in [-0.2, -0.15) is 0 Å². The topological polar surface area (TPSA) is 17.8 Å². The van der Waals surface area contributed by atoms with E-state index in [1.807, 2.05) is 18.3 Å². The minimum Gasteiger partial charge on any atom is -0.309 e. The lowest BCUT2D eigenvalue weighted by Crippen LogP contribution is -1.97. The summed E-state index contributed by atoms with van der Waals surface area (Å²) in [5.74, 6) is 0. The Bertz CT molecular complexity index is 1130. The summed E-state index contributed by atoms with van der Waals surface area (Å²) in [6.45, 7) is 0. The molecule has 0 fully saturated rings. The molecule has 25 heavy (non-hydrogen) atoms. The molecule has 5 rings (SSSR count). The largest absolute Gasteiger partial charge is 0.309 e. The van der Waals surface area contributed by atoms with Gasteiger partial charge in [0.15, 0.2) is 0 Å². The first-order valence-electron chi connectivity index (χ1n) is 8.42. The molecule has 2 heterocycles. The van der Waals surface area contributed by atoms with Crippen LogP contribution in [0.5, 0.6) is 0 Å². The van der Waals surface area contributed by atoms with Gasteiger partial charge in [0.1, 0.15) is 0 Å². The van der Waals surface area contributed by atoms with Crippen molar-refractivity contribution < 1.29 is 0 Å². The van der Waals surface area contributed by atoms with E-state index < -0.39 is 0 Å². The third kappa shape index (κ3) is 2.15. The van der Waals surface area contributed by atoms with Crippen LogP contribution in [-0.2, 0) is 0 Å². The number of rotatable bonds is 2. The Morgan fingerprint density at radius 1 is 0.560 bits per heavy atom. The van der Waals surface area contributed by atoms with Gasteiger partial charge in [0.25, 0.3) is 0 Å². The predicted octanol–water partition coefficient (Wildman–Crippen LogP) is 5.85. The van der Waals surface area contributed by atoms with Gasteiger partial charge in [-0.25, -0.2) is 0 Å². The van der Waals surface area contributed by atoms with Crippen LogP contribution in [0.1, 0.15) is 0 Å². The zero-order chi connectivity index (χ0) is 16.6. The SMILES string of the molecule is c1ccc(-c2ccccc2-n2c3ccccc3c3ccccc32)nc1. The first-order chi connectivity index (χ1) is 12.4. The molecule has 0 N–H and O–H groups in total. The second kappa shape index (κ2) is 5.60. The predicted molar refractivity (Wildman–Crippen MR) is 104 cm³/mol. The number of pyridine rings is 1. The van der Waals surface area contributed by atoms with Gasteiger partial charge in [-0.1, -0.05) is 60.7 Å². The second-order valence-electron chi connectivity index (χ2n) is 6.10. The van der Waals surface area contributed by atoms with Gasteiger partial charge >= 0.3 is 0 Å². The Hall–Kier alpha value is -3.39. The van der Waals surface area contributed by atoms with Crippen LogP contribution in [0.2, 0.25) is 0 Å². The number of nitrogens with zero attached hydrogens (tertiary/aromatic N) is 2. The first kappa shape index (κ1) is 14.0. The average Bonchev–Trinajstić information content (AvgIpc) is 3.03. The van der Waals surface area contributed by atoms with Crippen molar-refractivity contribution in [2.45, 2.75) is 0 Å². The molecule has 0 unspecified atom stereocenters. The smallest absolute Gasteiger partial charge is 0.0723 e. The molecule has 0 radical (unpaired) electrons. The highest BCUT2D eigenvalue weighted by molar-refractivity contribution is 6.09. The molecule has 0 spiro atoms. The maximum atomic E-state index is 4.57.